The van der Waals surface area contributed by atoms with Gasteiger partial charge in [-0.05, 0) is 26.0 Å². The van der Waals surface area contributed by atoms with E-state index in [4.69, 9.17) is 9.47 Å². The summed E-state index contributed by atoms with van der Waals surface area (Å²) in [5.41, 5.74) is -2.43. The lowest BCUT2D eigenvalue weighted by atomic mass is 9.89. The minimum atomic E-state index is -2.86. The third kappa shape index (κ3) is 3.75. The highest BCUT2D eigenvalue weighted by molar-refractivity contribution is 6.09. The second kappa shape index (κ2) is 8.90. The number of esters is 2. The Morgan fingerprint density at radius 1 is 0.857 bits per heavy atom. The van der Waals surface area contributed by atoms with Crippen LogP contribution in [0.2, 0.25) is 0 Å². The van der Waals surface area contributed by atoms with Crippen LogP contribution in [0.4, 0.5) is 0 Å². The summed E-state index contributed by atoms with van der Waals surface area (Å²) >= 11 is 0. The summed E-state index contributed by atoms with van der Waals surface area (Å²) in [5, 5.41) is 11.8. The first-order valence-corrected chi connectivity index (χ1v) is 8.58. The van der Waals surface area contributed by atoms with Gasteiger partial charge in [-0.25, -0.2) is 9.59 Å². The van der Waals surface area contributed by atoms with Crippen LogP contribution in [0.3, 0.4) is 0 Å². The molecule has 0 atom stereocenters. The molecule has 0 saturated heterocycles. The Bertz CT molecular complexity index is 857. The predicted octanol–water partition coefficient (Wildman–Crippen LogP) is 2.52. The summed E-state index contributed by atoms with van der Waals surface area (Å²) in [5.74, 6) is -2.99. The van der Waals surface area contributed by atoms with Gasteiger partial charge in [-0.3, -0.25) is 14.9 Å². The molecule has 0 aliphatic carbocycles. The van der Waals surface area contributed by atoms with Crippen molar-refractivity contribution >= 4 is 17.7 Å². The Morgan fingerprint density at radius 2 is 1.32 bits per heavy atom. The van der Waals surface area contributed by atoms with Gasteiger partial charge in [-0.2, -0.15) is 0 Å². The number of carbonyl (C=O) groups excluding carboxylic acids is 3. The molecule has 0 N–H and O–H groups in total. The average Bonchev–Trinajstić information content (AvgIpc) is 2.69. The first kappa shape index (κ1) is 20.8. The predicted molar refractivity (Wildman–Crippen MR) is 98.3 cm³/mol. The highest BCUT2D eigenvalue weighted by Crippen LogP contribution is 2.29. The molecule has 0 unspecified atom stereocenters. The zero-order chi connectivity index (χ0) is 20.7. The third-order valence-corrected chi connectivity index (χ3v) is 4.02. The Balaban J connectivity index is 2.52. The molecule has 0 saturated carbocycles. The first-order chi connectivity index (χ1) is 13.4. The first-order valence-electron chi connectivity index (χ1n) is 8.58. The number of rotatable bonds is 8. The van der Waals surface area contributed by atoms with E-state index in [0.29, 0.717) is 5.56 Å². The summed E-state index contributed by atoms with van der Waals surface area (Å²) in [4.78, 5) is 48.2. The number of hydrogen-bond donors (Lipinski definition) is 0. The van der Waals surface area contributed by atoms with Crippen LogP contribution in [0.5, 0.6) is 0 Å². The summed E-state index contributed by atoms with van der Waals surface area (Å²) in [6, 6.07) is 13.5. The van der Waals surface area contributed by atoms with E-state index >= 15 is 0 Å². The van der Waals surface area contributed by atoms with Crippen molar-refractivity contribution in [3.63, 3.8) is 0 Å². The van der Waals surface area contributed by atoms with Crippen molar-refractivity contribution in [1.29, 1.82) is 0 Å². The molecule has 2 aromatic rings. The maximum atomic E-state index is 12.5. The van der Waals surface area contributed by atoms with E-state index in [9.17, 15) is 24.5 Å². The van der Waals surface area contributed by atoms with Crippen LogP contribution in [0.15, 0.2) is 54.6 Å². The monoisotopic (exact) mass is 385 g/mol. The molecule has 28 heavy (non-hydrogen) atoms. The van der Waals surface area contributed by atoms with E-state index in [0.717, 1.165) is 0 Å². The minimum Gasteiger partial charge on any atom is -0.460 e. The van der Waals surface area contributed by atoms with Crippen LogP contribution in [-0.2, 0) is 24.6 Å². The average molecular weight is 385 g/mol. The van der Waals surface area contributed by atoms with Crippen molar-refractivity contribution in [2.24, 2.45) is 0 Å². The van der Waals surface area contributed by atoms with Crippen molar-refractivity contribution in [1.82, 2.24) is 0 Å². The molecule has 0 heterocycles. The maximum absolute atomic E-state index is 12.5. The van der Waals surface area contributed by atoms with Gasteiger partial charge >= 0.3 is 17.5 Å². The molecular formula is C20H19NO7. The second-order valence-corrected chi connectivity index (χ2v) is 5.68. The molecule has 0 bridgehead atoms. The van der Waals surface area contributed by atoms with E-state index in [2.05, 4.69) is 0 Å². The normalized spacial score (nSPS) is 10.8. The molecule has 0 aliphatic rings. The molecular weight excluding hydrogens is 366 g/mol. The van der Waals surface area contributed by atoms with Gasteiger partial charge < -0.3 is 9.47 Å². The van der Waals surface area contributed by atoms with Crippen molar-refractivity contribution in [2.75, 3.05) is 13.2 Å². The fraction of sp³-hybridized carbons (Fsp3) is 0.250. The highest BCUT2D eigenvalue weighted by atomic mass is 16.7. The lowest BCUT2D eigenvalue weighted by Crippen LogP contribution is -2.52. The molecule has 0 radical (unpaired) electrons. The lowest BCUT2D eigenvalue weighted by Gasteiger charge is -2.21. The zero-order valence-corrected chi connectivity index (χ0v) is 15.4. The van der Waals surface area contributed by atoms with Crippen LogP contribution in [-0.4, -0.2) is 35.9 Å². The number of ether oxygens (including phenoxy) is 2. The van der Waals surface area contributed by atoms with Gasteiger partial charge in [0, 0.05) is 11.1 Å². The van der Waals surface area contributed by atoms with Gasteiger partial charge in [-0.15, -0.1) is 0 Å². The molecule has 8 heteroatoms. The smallest absolute Gasteiger partial charge is 0.435 e. The van der Waals surface area contributed by atoms with Crippen LogP contribution in [0, 0.1) is 10.1 Å². The van der Waals surface area contributed by atoms with Gasteiger partial charge in [0.05, 0.1) is 23.7 Å². The molecule has 0 fully saturated rings. The number of carbonyl (C=O) groups is 3. The van der Waals surface area contributed by atoms with Crippen LogP contribution >= 0.6 is 0 Å². The Kier molecular flexibility index (Phi) is 6.59. The molecule has 0 spiro atoms. The quantitative estimate of drug-likeness (QED) is 0.226. The number of benzene rings is 2. The summed E-state index contributed by atoms with van der Waals surface area (Å²) in [6.07, 6.45) is 0. The second-order valence-electron chi connectivity index (χ2n) is 5.68. The number of nitro groups is 1. The van der Waals surface area contributed by atoms with Crippen LogP contribution in [0.25, 0.3) is 0 Å². The van der Waals surface area contributed by atoms with Crippen LogP contribution < -0.4 is 0 Å². The van der Waals surface area contributed by atoms with E-state index in [-0.39, 0.29) is 30.1 Å². The summed E-state index contributed by atoms with van der Waals surface area (Å²) < 4.78 is 9.58. The lowest BCUT2D eigenvalue weighted by molar-refractivity contribution is -0.549. The van der Waals surface area contributed by atoms with E-state index < -0.39 is 22.4 Å². The zero-order valence-electron chi connectivity index (χ0n) is 15.4. The summed E-state index contributed by atoms with van der Waals surface area (Å²) in [7, 11) is 0. The van der Waals surface area contributed by atoms with Gasteiger partial charge in [0.2, 0.25) is 0 Å². The molecule has 0 amide bonds. The fourth-order valence-electron chi connectivity index (χ4n) is 2.66. The topological polar surface area (TPSA) is 113 Å². The van der Waals surface area contributed by atoms with Gasteiger partial charge in [0.1, 0.15) is 0 Å². The molecule has 0 aliphatic heterocycles. The van der Waals surface area contributed by atoms with Crippen molar-refractivity contribution in [2.45, 2.75) is 19.4 Å². The Hall–Kier alpha value is -3.55. The van der Waals surface area contributed by atoms with Gasteiger partial charge in [-0.1, -0.05) is 42.5 Å². The standard InChI is InChI=1S/C20H19NO7/c1-3-27-18(23)20(21(25)26,19(24)28-4-2)16-12-10-15(11-13-16)17(22)14-8-6-5-7-9-14/h5-13H,3-4H2,1-2H3. The SMILES string of the molecule is CCOC(=O)C(C(=O)OCC)(c1ccc(C(=O)c2ccccc2)cc1)[N+](=O)[O-]. The van der Waals surface area contributed by atoms with E-state index in [1.165, 1.54) is 38.1 Å². The van der Waals surface area contributed by atoms with Crippen molar-refractivity contribution < 1.29 is 28.8 Å². The molecule has 2 rings (SSSR count). The summed E-state index contributed by atoms with van der Waals surface area (Å²) in [6.45, 7) is 2.63. The number of hydrogen-bond acceptors (Lipinski definition) is 7. The molecule has 8 nitrogen and oxygen atoms in total. The van der Waals surface area contributed by atoms with Gasteiger partial charge in [0.25, 0.3) is 0 Å². The fourth-order valence-corrected chi connectivity index (χ4v) is 2.66. The van der Waals surface area contributed by atoms with E-state index in [1.54, 1.807) is 30.3 Å². The highest BCUT2D eigenvalue weighted by Gasteiger charge is 2.63. The largest absolute Gasteiger partial charge is 0.460 e. The number of ketones is 1. The van der Waals surface area contributed by atoms with Gasteiger partial charge in [0.15, 0.2) is 5.78 Å². The molecule has 2 aromatic carbocycles. The minimum absolute atomic E-state index is 0.154. The van der Waals surface area contributed by atoms with E-state index in [1.807, 2.05) is 0 Å². The number of nitrogens with zero attached hydrogens (tertiary/aromatic N) is 1. The van der Waals surface area contributed by atoms with Crippen molar-refractivity contribution in [3.8, 4) is 0 Å². The maximum Gasteiger partial charge on any atom is 0.435 e. The Morgan fingerprint density at radius 3 is 1.75 bits per heavy atom. The molecule has 0 aromatic heterocycles. The van der Waals surface area contributed by atoms with Crippen LogP contribution in [0.1, 0.15) is 35.3 Å². The van der Waals surface area contributed by atoms with Crippen molar-refractivity contribution in [3.05, 3.63) is 81.4 Å². The Labute approximate surface area is 161 Å². The third-order valence-electron chi connectivity index (χ3n) is 4.02. The molecule has 146 valence electrons.